The van der Waals surface area contributed by atoms with Crippen LogP contribution in [-0.2, 0) is 39.4 Å². The van der Waals surface area contributed by atoms with E-state index in [0.29, 0.717) is 0 Å². The van der Waals surface area contributed by atoms with Crippen LogP contribution >= 0.6 is 0 Å². The number of carboxylic acid groups (broad SMARTS) is 1. The van der Waals surface area contributed by atoms with Crippen LogP contribution in [0.3, 0.4) is 0 Å². The van der Waals surface area contributed by atoms with Gasteiger partial charge in [0.05, 0.1) is 5.41 Å². The summed E-state index contributed by atoms with van der Waals surface area (Å²) in [5.41, 5.74) is 2.37. The zero-order chi connectivity index (χ0) is 26.1. The minimum Gasteiger partial charge on any atom is -0.481 e. The van der Waals surface area contributed by atoms with Crippen LogP contribution in [0.1, 0.15) is 44.7 Å². The zero-order valence-electron chi connectivity index (χ0n) is 22.5. The number of carbonyl (C=O) groups is 1. The Morgan fingerprint density at radius 2 is 1.05 bits per heavy atom. The van der Waals surface area contributed by atoms with Gasteiger partial charge in [-0.3, -0.25) is 4.79 Å². The number of aliphatic carboxylic acids is 1. The van der Waals surface area contributed by atoms with Crippen LogP contribution in [0.4, 0.5) is 0 Å². The van der Waals surface area contributed by atoms with Gasteiger partial charge in [0.25, 0.3) is 0 Å². The molecule has 2 aromatic carbocycles. The molecule has 3 aliphatic rings. The predicted octanol–water partition coefficient (Wildman–Crippen LogP) is 7.86. The minimum absolute atomic E-state index is 0. The van der Waals surface area contributed by atoms with Crippen molar-refractivity contribution in [2.24, 2.45) is 17.3 Å². The normalized spacial score (nSPS) is 17.7. The molecule has 2 nitrogen and oxygen atoms in total. The van der Waals surface area contributed by atoms with Crippen molar-refractivity contribution in [2.75, 3.05) is 0 Å². The van der Waals surface area contributed by atoms with E-state index < -0.39 is 11.4 Å². The second kappa shape index (κ2) is 19.7. The zero-order valence-corrected chi connectivity index (χ0v) is 24.0. The number of carboxylic acids is 1. The van der Waals surface area contributed by atoms with Gasteiger partial charge < -0.3 is 11.5 Å². The fourth-order valence-corrected chi connectivity index (χ4v) is 3.49. The molecule has 194 valence electrons. The second-order valence-electron chi connectivity index (χ2n) is 10.2. The van der Waals surface area contributed by atoms with E-state index >= 15 is 0 Å². The average molecular weight is 530 g/mol. The summed E-state index contributed by atoms with van der Waals surface area (Å²) in [4.78, 5) is 10.0. The van der Waals surface area contributed by atoms with E-state index in [1.54, 1.807) is 20.8 Å². The number of benzene rings is 2. The summed E-state index contributed by atoms with van der Waals surface area (Å²) in [6, 6.07) is 21.8. The molecule has 1 unspecified atom stereocenters. The Morgan fingerprint density at radius 3 is 1.30 bits per heavy atom. The predicted molar refractivity (Wildman–Crippen MR) is 151 cm³/mol. The molecule has 3 fully saturated rings. The Bertz CT molecular complexity index is 734. The topological polar surface area (TPSA) is 37.3 Å². The van der Waals surface area contributed by atoms with Crippen LogP contribution in [0, 0.1) is 87.9 Å². The molecule has 3 heteroatoms. The van der Waals surface area contributed by atoms with Gasteiger partial charge in [0, 0.05) is 21.7 Å². The van der Waals surface area contributed by atoms with Crippen LogP contribution in [0.2, 0.25) is 0 Å². The van der Waals surface area contributed by atoms with Crippen molar-refractivity contribution in [3.05, 3.63) is 142 Å². The van der Waals surface area contributed by atoms with Gasteiger partial charge >= 0.3 is 5.97 Å². The first-order valence-electron chi connectivity index (χ1n) is 12.8. The van der Waals surface area contributed by atoms with Crippen LogP contribution in [0.15, 0.2) is 60.7 Å². The van der Waals surface area contributed by atoms with Gasteiger partial charge in [-0.2, -0.15) is 5.92 Å². The van der Waals surface area contributed by atoms with Gasteiger partial charge in [-0.1, -0.05) is 67.1 Å². The number of hydrogen-bond donors (Lipinski definition) is 1. The van der Waals surface area contributed by atoms with E-state index in [1.165, 1.54) is 36.8 Å². The molecule has 0 bridgehead atoms. The molecule has 0 aromatic heterocycles. The Morgan fingerprint density at radius 1 is 0.757 bits per heavy atom. The van der Waals surface area contributed by atoms with Gasteiger partial charge in [-0.15, -0.1) is 0 Å². The van der Waals surface area contributed by atoms with Gasteiger partial charge in [0.15, 0.2) is 0 Å². The van der Waals surface area contributed by atoms with Gasteiger partial charge in [0.2, 0.25) is 0 Å². The summed E-state index contributed by atoms with van der Waals surface area (Å²) >= 11 is 0. The monoisotopic (exact) mass is 529 g/mol. The first-order chi connectivity index (χ1) is 17.3. The molecule has 0 amide bonds. The Labute approximate surface area is 242 Å². The largest absolute Gasteiger partial charge is 0.481 e. The first kappa shape index (κ1) is 33.7. The molecule has 3 saturated carbocycles. The SMILES string of the molecule is CC(C)(C)C(=O)O.[CH]1[CH][CH][CH][CH]1.[CH]1[CH][CH][CH][CH]1.[Ti].c1ccc(CC(Cc2ccccc2)CC2[CH-]C2)cc1. The number of rotatable bonds is 6. The van der Waals surface area contributed by atoms with E-state index in [0.717, 1.165) is 11.8 Å². The molecule has 1 atom stereocenters. The van der Waals surface area contributed by atoms with Gasteiger partial charge in [-0.05, 0) is 115 Å². The third-order valence-electron chi connectivity index (χ3n) is 5.69. The smallest absolute Gasteiger partial charge is 0.308 e. The maximum atomic E-state index is 10.0. The molecule has 0 spiro atoms. The molecular formula is C34H41O2Ti-. The second-order valence-corrected chi connectivity index (χ2v) is 10.2. The fraction of sp³-hybridized carbons (Fsp3) is 0.294. The van der Waals surface area contributed by atoms with Crippen molar-refractivity contribution in [3.63, 3.8) is 0 Å². The van der Waals surface area contributed by atoms with E-state index in [-0.39, 0.29) is 21.7 Å². The molecule has 0 saturated heterocycles. The molecule has 3 aliphatic carbocycles. The van der Waals surface area contributed by atoms with E-state index in [9.17, 15) is 4.79 Å². The van der Waals surface area contributed by atoms with Crippen molar-refractivity contribution in [3.8, 4) is 0 Å². The van der Waals surface area contributed by atoms with Crippen molar-refractivity contribution in [2.45, 2.75) is 46.5 Å². The fourth-order valence-electron chi connectivity index (χ4n) is 3.49. The van der Waals surface area contributed by atoms with Crippen molar-refractivity contribution in [1.29, 1.82) is 0 Å². The molecule has 0 aliphatic heterocycles. The van der Waals surface area contributed by atoms with Crippen LogP contribution < -0.4 is 0 Å². The summed E-state index contributed by atoms with van der Waals surface area (Å²) < 4.78 is 0. The van der Waals surface area contributed by atoms with Crippen molar-refractivity contribution >= 4 is 5.97 Å². The molecule has 37 heavy (non-hydrogen) atoms. The van der Waals surface area contributed by atoms with Crippen LogP contribution in [-0.4, -0.2) is 11.1 Å². The maximum Gasteiger partial charge on any atom is 0.308 e. The third-order valence-corrected chi connectivity index (χ3v) is 5.69. The molecule has 10 radical (unpaired) electrons. The molecular weight excluding hydrogens is 488 g/mol. The summed E-state index contributed by atoms with van der Waals surface area (Å²) in [5.74, 6) is 0.901. The molecule has 2 aromatic rings. The Kier molecular flexibility index (Phi) is 17.9. The van der Waals surface area contributed by atoms with Crippen LogP contribution in [0.25, 0.3) is 0 Å². The Balaban J connectivity index is 0.000000311. The summed E-state index contributed by atoms with van der Waals surface area (Å²) in [6.07, 6.45) is 27.5. The van der Waals surface area contributed by atoms with Gasteiger partial charge in [0.1, 0.15) is 0 Å². The van der Waals surface area contributed by atoms with Gasteiger partial charge in [-0.25, -0.2) is 6.42 Å². The summed E-state index contributed by atoms with van der Waals surface area (Å²) in [6.45, 7) is 4.99. The number of hydrogen-bond acceptors (Lipinski definition) is 1. The minimum atomic E-state index is -0.757. The standard InChI is InChI=1S/C19H21.C5H10O2.2C5H5.Ti/c1-3-7-16(8-4-1)13-19(15-18-11-12-18)14-17-9-5-2-6-10-17;1-5(2,3)4(6)7;2*1-2-4-5-3-1;/h1-11,18-19H,12-15H2;1-3H3,(H,6,7);2*1-5H;/q-1;;;;. The van der Waals surface area contributed by atoms with E-state index in [1.807, 2.05) is 64.2 Å². The molecule has 0 heterocycles. The quantitative estimate of drug-likeness (QED) is 0.306. The third kappa shape index (κ3) is 17.7. The average Bonchev–Trinajstić information content (AvgIpc) is 3.30. The molecule has 5 rings (SSSR count). The first-order valence-corrected chi connectivity index (χ1v) is 12.8. The Hall–Kier alpha value is -1.38. The maximum absolute atomic E-state index is 10.0. The summed E-state index contributed by atoms with van der Waals surface area (Å²) in [7, 11) is 0. The van der Waals surface area contributed by atoms with Crippen LogP contribution in [0.5, 0.6) is 0 Å². The molecule has 1 N–H and O–H groups in total. The van der Waals surface area contributed by atoms with Crippen molar-refractivity contribution < 1.29 is 31.6 Å². The van der Waals surface area contributed by atoms with Crippen molar-refractivity contribution in [1.82, 2.24) is 0 Å². The van der Waals surface area contributed by atoms with E-state index in [2.05, 4.69) is 67.1 Å². The summed E-state index contributed by atoms with van der Waals surface area (Å²) in [5, 5.41) is 8.25. The van der Waals surface area contributed by atoms with E-state index in [4.69, 9.17) is 5.11 Å².